The number of fused-ring (bicyclic) bond motifs is 6. The summed E-state index contributed by atoms with van der Waals surface area (Å²) in [6.45, 7) is 0. The number of aromatic nitrogens is 1. The fourth-order valence-corrected chi connectivity index (χ4v) is 6.46. The summed E-state index contributed by atoms with van der Waals surface area (Å²) in [5, 5.41) is 6.22. The van der Waals surface area contributed by atoms with Gasteiger partial charge in [-0.15, -0.1) is 0 Å². The molecule has 0 atom stereocenters. The fraction of sp³-hybridized carbons (Fsp3) is 0.0811. The standard InChI is InChI=1S/C37H28N2/c1-2-10-29(11-3-1)39-36-17-9-7-15-33(36)34-24-26(19-21-37(34)39)31-13-5-4-12-30(31)25-18-20-28-23-27(22-25)32-14-6-8-16-35(32)38-28/h1-5,7-13,15-22,24,38H,6,14,23H2. The molecule has 3 aliphatic rings. The van der Waals surface area contributed by atoms with E-state index >= 15 is 0 Å². The van der Waals surface area contributed by atoms with Crippen molar-refractivity contribution >= 4 is 27.4 Å². The maximum atomic E-state index is 3.66. The summed E-state index contributed by atoms with van der Waals surface area (Å²) < 4.78 is 2.38. The third-order valence-corrected chi connectivity index (χ3v) is 8.26. The van der Waals surface area contributed by atoms with E-state index in [0.717, 1.165) is 19.3 Å². The van der Waals surface area contributed by atoms with Gasteiger partial charge < -0.3 is 9.88 Å². The Morgan fingerprint density at radius 1 is 0.692 bits per heavy atom. The molecule has 8 rings (SSSR count). The smallest absolute Gasteiger partial charge is 0.0541 e. The van der Waals surface area contributed by atoms with Gasteiger partial charge in [0.1, 0.15) is 0 Å². The average molecular weight is 501 g/mol. The molecule has 0 radical (unpaired) electrons. The van der Waals surface area contributed by atoms with E-state index in [9.17, 15) is 0 Å². The second-order valence-electron chi connectivity index (χ2n) is 10.6. The van der Waals surface area contributed by atoms with Crippen LogP contribution in [-0.2, 0) is 0 Å². The van der Waals surface area contributed by atoms with Crippen LogP contribution in [0.3, 0.4) is 0 Å². The number of para-hydroxylation sites is 2. The minimum absolute atomic E-state index is 0.972. The second-order valence-corrected chi connectivity index (χ2v) is 10.6. The highest BCUT2D eigenvalue weighted by Gasteiger charge is 2.23. The molecule has 186 valence electrons. The zero-order valence-corrected chi connectivity index (χ0v) is 21.7. The molecular weight excluding hydrogens is 472 g/mol. The van der Waals surface area contributed by atoms with Gasteiger partial charge in [0.2, 0.25) is 0 Å². The van der Waals surface area contributed by atoms with Crippen molar-refractivity contribution in [1.29, 1.82) is 0 Å². The summed E-state index contributed by atoms with van der Waals surface area (Å²) in [7, 11) is 0. The van der Waals surface area contributed by atoms with Crippen molar-refractivity contribution < 1.29 is 0 Å². The molecule has 1 aliphatic heterocycles. The number of hydrogen-bond acceptors (Lipinski definition) is 1. The van der Waals surface area contributed by atoms with Gasteiger partial charge in [0, 0.05) is 34.3 Å². The Morgan fingerprint density at radius 2 is 1.49 bits per heavy atom. The first kappa shape index (κ1) is 22.2. The Kier molecular flexibility index (Phi) is 5.06. The molecule has 1 aromatic heterocycles. The topological polar surface area (TPSA) is 17.0 Å². The zero-order chi connectivity index (χ0) is 25.8. The van der Waals surface area contributed by atoms with Crippen LogP contribution in [0.5, 0.6) is 0 Å². The number of hydrogen-bond donors (Lipinski definition) is 1. The molecule has 0 saturated carbocycles. The highest BCUT2D eigenvalue weighted by molar-refractivity contribution is 6.10. The number of nitrogens with zero attached hydrogens (tertiary/aromatic N) is 1. The van der Waals surface area contributed by atoms with Crippen molar-refractivity contribution in [3.63, 3.8) is 0 Å². The molecule has 0 spiro atoms. The molecular formula is C37H28N2. The van der Waals surface area contributed by atoms with Crippen molar-refractivity contribution in [2.45, 2.75) is 19.3 Å². The van der Waals surface area contributed by atoms with Gasteiger partial charge in [-0.2, -0.15) is 0 Å². The SMILES string of the molecule is C1=CC2=C(CC1)C1=CC(c3ccccc3-c3ccc4c(c3)c3ccccc3n4-c3ccccc3)=CC=C(C1)N2. The summed E-state index contributed by atoms with van der Waals surface area (Å²) in [4.78, 5) is 0. The first-order chi connectivity index (χ1) is 19.3. The van der Waals surface area contributed by atoms with Gasteiger partial charge in [-0.1, -0.05) is 85.0 Å². The van der Waals surface area contributed by atoms with Gasteiger partial charge in [0.05, 0.1) is 11.0 Å². The molecule has 2 aliphatic carbocycles. The van der Waals surface area contributed by atoms with E-state index in [1.165, 1.54) is 72.3 Å². The van der Waals surface area contributed by atoms with E-state index in [-0.39, 0.29) is 0 Å². The monoisotopic (exact) mass is 500 g/mol. The molecule has 2 heterocycles. The molecule has 0 fully saturated rings. The lowest BCUT2D eigenvalue weighted by Crippen LogP contribution is -2.21. The van der Waals surface area contributed by atoms with E-state index in [0.29, 0.717) is 0 Å². The first-order valence-electron chi connectivity index (χ1n) is 13.8. The predicted molar refractivity (Wildman–Crippen MR) is 164 cm³/mol. The van der Waals surface area contributed by atoms with Crippen LogP contribution in [0.4, 0.5) is 0 Å². The number of allylic oxidation sites excluding steroid dienone is 8. The van der Waals surface area contributed by atoms with Crippen molar-refractivity contribution in [2.75, 3.05) is 0 Å². The Bertz CT molecular complexity index is 1940. The van der Waals surface area contributed by atoms with Crippen LogP contribution in [-0.4, -0.2) is 4.57 Å². The van der Waals surface area contributed by atoms with E-state index in [4.69, 9.17) is 0 Å². The molecule has 5 aromatic rings. The van der Waals surface area contributed by atoms with E-state index in [1.54, 1.807) is 0 Å². The molecule has 0 unspecified atom stereocenters. The summed E-state index contributed by atoms with van der Waals surface area (Å²) in [5.41, 5.74) is 14.2. The molecule has 0 amide bonds. The summed E-state index contributed by atoms with van der Waals surface area (Å²) in [5.74, 6) is 0. The van der Waals surface area contributed by atoms with Gasteiger partial charge in [-0.05, 0) is 88.7 Å². The highest BCUT2D eigenvalue weighted by Crippen LogP contribution is 2.40. The maximum absolute atomic E-state index is 3.66. The number of nitrogens with one attached hydrogen (secondary N) is 1. The van der Waals surface area contributed by atoms with Crippen LogP contribution in [0, 0.1) is 0 Å². The molecule has 2 heteroatoms. The number of benzene rings is 4. The van der Waals surface area contributed by atoms with Gasteiger partial charge in [-0.3, -0.25) is 0 Å². The van der Waals surface area contributed by atoms with Crippen molar-refractivity contribution in [3.8, 4) is 16.8 Å². The Hall–Kier alpha value is -4.82. The summed E-state index contributed by atoms with van der Waals surface area (Å²) in [6, 6.07) is 35.2. The first-order valence-corrected chi connectivity index (χ1v) is 13.8. The van der Waals surface area contributed by atoms with Crippen LogP contribution in [0.15, 0.2) is 150 Å². The lowest BCUT2D eigenvalue weighted by molar-refractivity contribution is 0.807. The Labute approximate surface area is 228 Å². The fourth-order valence-electron chi connectivity index (χ4n) is 6.46. The van der Waals surface area contributed by atoms with Gasteiger partial charge in [0.15, 0.2) is 0 Å². The van der Waals surface area contributed by atoms with Crippen molar-refractivity contribution in [3.05, 3.63) is 156 Å². The van der Waals surface area contributed by atoms with E-state index in [1.807, 2.05) is 0 Å². The molecule has 2 nitrogen and oxygen atoms in total. The van der Waals surface area contributed by atoms with Gasteiger partial charge >= 0.3 is 0 Å². The van der Waals surface area contributed by atoms with Crippen LogP contribution in [0.2, 0.25) is 0 Å². The molecule has 39 heavy (non-hydrogen) atoms. The van der Waals surface area contributed by atoms with Crippen LogP contribution in [0.25, 0.3) is 44.2 Å². The Morgan fingerprint density at radius 3 is 2.41 bits per heavy atom. The zero-order valence-electron chi connectivity index (χ0n) is 21.7. The number of rotatable bonds is 3. The highest BCUT2D eigenvalue weighted by atomic mass is 15.0. The molecule has 4 aromatic carbocycles. The molecule has 2 bridgehead atoms. The molecule has 0 saturated heterocycles. The summed E-state index contributed by atoms with van der Waals surface area (Å²) >= 11 is 0. The van der Waals surface area contributed by atoms with Crippen LogP contribution >= 0.6 is 0 Å². The van der Waals surface area contributed by atoms with Crippen molar-refractivity contribution in [1.82, 2.24) is 9.88 Å². The van der Waals surface area contributed by atoms with E-state index < -0.39 is 0 Å². The Balaban J connectivity index is 1.30. The lowest BCUT2D eigenvalue weighted by atomic mass is 9.87. The van der Waals surface area contributed by atoms with Gasteiger partial charge in [-0.25, -0.2) is 0 Å². The minimum atomic E-state index is 0.972. The normalized spacial score (nSPS) is 16.4. The quantitative estimate of drug-likeness (QED) is 0.261. The predicted octanol–water partition coefficient (Wildman–Crippen LogP) is 9.26. The van der Waals surface area contributed by atoms with Crippen LogP contribution in [0.1, 0.15) is 24.8 Å². The maximum Gasteiger partial charge on any atom is 0.0541 e. The molecule has 1 N–H and O–H groups in total. The minimum Gasteiger partial charge on any atom is -0.358 e. The van der Waals surface area contributed by atoms with Gasteiger partial charge in [0.25, 0.3) is 0 Å². The lowest BCUT2D eigenvalue weighted by Gasteiger charge is -2.27. The third kappa shape index (κ3) is 3.64. The van der Waals surface area contributed by atoms with Crippen LogP contribution < -0.4 is 5.32 Å². The van der Waals surface area contributed by atoms with E-state index in [2.05, 4.69) is 137 Å². The largest absolute Gasteiger partial charge is 0.358 e. The average Bonchev–Trinajstić information content (AvgIpc) is 3.22. The summed E-state index contributed by atoms with van der Waals surface area (Å²) in [6.07, 6.45) is 14.7. The third-order valence-electron chi connectivity index (χ3n) is 8.26. The van der Waals surface area contributed by atoms with Crippen molar-refractivity contribution in [2.24, 2.45) is 0 Å². The second kappa shape index (κ2) is 8.89.